The zero-order valence-electron chi connectivity index (χ0n) is 16.5. The van der Waals surface area contributed by atoms with E-state index in [0.29, 0.717) is 5.56 Å². The first kappa shape index (κ1) is 22.8. The maximum atomic E-state index is 12.4. The Hall–Kier alpha value is -2.51. The number of rotatable bonds is 10. The third-order valence-electron chi connectivity index (χ3n) is 3.46. The largest absolute Gasteiger partial charge is 0.475 e. The number of para-hydroxylation sites is 1. The molecule has 0 aliphatic carbocycles. The molecular weight excluding hydrogens is 399 g/mol. The molecule has 0 aliphatic heterocycles. The van der Waals surface area contributed by atoms with Crippen LogP contribution in [0.4, 0.5) is 0 Å². The molecule has 9 heteroatoms. The van der Waals surface area contributed by atoms with E-state index in [2.05, 4.69) is 0 Å². The zero-order chi connectivity index (χ0) is 21.3. The molecule has 2 rings (SSSR count). The average Bonchev–Trinajstić information content (AvgIpc) is 2.68. The summed E-state index contributed by atoms with van der Waals surface area (Å²) in [4.78, 5) is 23.6. The lowest BCUT2D eigenvalue weighted by Gasteiger charge is -2.16. The molecule has 0 atom stereocenters. The third kappa shape index (κ3) is 7.11. The van der Waals surface area contributed by atoms with Crippen LogP contribution in [0.15, 0.2) is 48.5 Å². The Morgan fingerprint density at radius 1 is 0.862 bits per heavy atom. The molecule has 0 aliphatic rings. The highest BCUT2D eigenvalue weighted by molar-refractivity contribution is 7.48. The van der Waals surface area contributed by atoms with Crippen LogP contribution in [0, 0.1) is 0 Å². The molecule has 0 saturated carbocycles. The summed E-state index contributed by atoms with van der Waals surface area (Å²) in [6.45, 7) is 5.02. The SMILES string of the molecule is CCOP(=O)(OCC)OCc1ccc(OC(=O)c2ccccc2OC(C)=O)cc1. The van der Waals surface area contributed by atoms with Gasteiger partial charge in [0.15, 0.2) is 0 Å². The first-order valence-electron chi connectivity index (χ1n) is 8.99. The Bertz CT molecular complexity index is 868. The quantitative estimate of drug-likeness (QED) is 0.313. The van der Waals surface area contributed by atoms with Crippen LogP contribution >= 0.6 is 7.82 Å². The molecule has 2 aromatic carbocycles. The van der Waals surface area contributed by atoms with E-state index >= 15 is 0 Å². The van der Waals surface area contributed by atoms with Crippen LogP contribution in [0.2, 0.25) is 0 Å². The number of carbonyl (C=O) groups is 2. The summed E-state index contributed by atoms with van der Waals surface area (Å²) in [5.74, 6) is -0.791. The minimum atomic E-state index is -3.60. The van der Waals surface area contributed by atoms with E-state index in [1.54, 1.807) is 50.2 Å². The van der Waals surface area contributed by atoms with E-state index in [4.69, 9.17) is 23.0 Å². The average molecular weight is 422 g/mol. The predicted molar refractivity (Wildman–Crippen MR) is 105 cm³/mol. The van der Waals surface area contributed by atoms with E-state index < -0.39 is 19.8 Å². The Labute approximate surface area is 169 Å². The van der Waals surface area contributed by atoms with Gasteiger partial charge in [0.05, 0.1) is 19.8 Å². The van der Waals surface area contributed by atoms with Crippen LogP contribution in [0.25, 0.3) is 0 Å². The second-order valence-electron chi connectivity index (χ2n) is 5.68. The molecule has 0 amide bonds. The molecule has 0 radical (unpaired) electrons. The molecule has 0 heterocycles. The molecule has 0 saturated heterocycles. The lowest BCUT2D eigenvalue weighted by molar-refractivity contribution is -0.131. The summed E-state index contributed by atoms with van der Waals surface area (Å²) in [7, 11) is -3.60. The Balaban J connectivity index is 2.01. The fourth-order valence-electron chi connectivity index (χ4n) is 2.28. The summed E-state index contributed by atoms with van der Waals surface area (Å²) in [5.41, 5.74) is 0.814. The highest BCUT2D eigenvalue weighted by Crippen LogP contribution is 2.49. The molecule has 0 spiro atoms. The number of esters is 2. The molecule has 2 aromatic rings. The van der Waals surface area contributed by atoms with Crippen LogP contribution in [0.5, 0.6) is 11.5 Å². The normalized spacial score (nSPS) is 11.1. The second-order valence-corrected chi connectivity index (χ2v) is 7.35. The first-order valence-corrected chi connectivity index (χ1v) is 10.4. The van der Waals surface area contributed by atoms with Crippen molar-refractivity contribution in [3.8, 4) is 11.5 Å². The van der Waals surface area contributed by atoms with Gasteiger partial charge in [-0.15, -0.1) is 0 Å². The highest BCUT2D eigenvalue weighted by Gasteiger charge is 2.25. The van der Waals surface area contributed by atoms with Crippen LogP contribution in [-0.4, -0.2) is 25.2 Å². The monoisotopic (exact) mass is 422 g/mol. The second kappa shape index (κ2) is 10.9. The van der Waals surface area contributed by atoms with Crippen LogP contribution < -0.4 is 9.47 Å². The van der Waals surface area contributed by atoms with Gasteiger partial charge in [-0.2, -0.15) is 0 Å². The Kier molecular flexibility index (Phi) is 8.54. The smallest absolute Gasteiger partial charge is 0.426 e. The van der Waals surface area contributed by atoms with Gasteiger partial charge in [-0.25, -0.2) is 9.36 Å². The molecule has 0 bridgehead atoms. The number of phosphoric acid groups is 1. The van der Waals surface area contributed by atoms with Crippen LogP contribution in [-0.2, 0) is 29.5 Å². The van der Waals surface area contributed by atoms with Gasteiger partial charge >= 0.3 is 19.8 Å². The summed E-state index contributed by atoms with van der Waals surface area (Å²) < 4.78 is 38.1. The van der Waals surface area contributed by atoms with E-state index in [0.717, 1.165) is 0 Å². The van der Waals surface area contributed by atoms with Crippen molar-refractivity contribution in [3.63, 3.8) is 0 Å². The Morgan fingerprint density at radius 3 is 2.07 bits per heavy atom. The van der Waals surface area contributed by atoms with Crippen molar-refractivity contribution >= 4 is 19.8 Å². The topological polar surface area (TPSA) is 97.4 Å². The van der Waals surface area contributed by atoms with Gasteiger partial charge in [-0.3, -0.25) is 18.4 Å². The van der Waals surface area contributed by atoms with Gasteiger partial charge in [0, 0.05) is 6.92 Å². The summed E-state index contributed by atoms with van der Waals surface area (Å²) in [6.07, 6.45) is 0. The van der Waals surface area contributed by atoms with Crippen LogP contribution in [0.1, 0.15) is 36.7 Å². The van der Waals surface area contributed by atoms with E-state index in [-0.39, 0.29) is 36.9 Å². The molecule has 0 aromatic heterocycles. The molecule has 8 nitrogen and oxygen atoms in total. The molecule has 156 valence electrons. The maximum absolute atomic E-state index is 12.4. The molecule has 29 heavy (non-hydrogen) atoms. The van der Waals surface area contributed by atoms with Gasteiger partial charge in [-0.1, -0.05) is 24.3 Å². The van der Waals surface area contributed by atoms with Gasteiger partial charge in [-0.05, 0) is 43.7 Å². The lowest BCUT2D eigenvalue weighted by atomic mass is 10.2. The lowest BCUT2D eigenvalue weighted by Crippen LogP contribution is -2.12. The van der Waals surface area contributed by atoms with Crippen molar-refractivity contribution in [2.24, 2.45) is 0 Å². The highest BCUT2D eigenvalue weighted by atomic mass is 31.2. The van der Waals surface area contributed by atoms with Crippen LogP contribution in [0.3, 0.4) is 0 Å². The van der Waals surface area contributed by atoms with Gasteiger partial charge in [0.2, 0.25) is 0 Å². The molecule has 0 unspecified atom stereocenters. The van der Waals surface area contributed by atoms with E-state index in [1.165, 1.54) is 19.1 Å². The van der Waals surface area contributed by atoms with Gasteiger partial charge in [0.25, 0.3) is 0 Å². The minimum absolute atomic E-state index is 0.000783. The van der Waals surface area contributed by atoms with Crippen molar-refractivity contribution < 1.29 is 37.2 Å². The number of phosphoric ester groups is 1. The van der Waals surface area contributed by atoms with Crippen molar-refractivity contribution in [2.45, 2.75) is 27.4 Å². The first-order chi connectivity index (χ1) is 13.9. The minimum Gasteiger partial charge on any atom is -0.426 e. The Morgan fingerprint density at radius 2 is 1.48 bits per heavy atom. The number of hydrogen-bond acceptors (Lipinski definition) is 8. The molecular formula is C20H23O8P. The molecule has 0 fully saturated rings. The third-order valence-corrected chi connectivity index (χ3v) is 5.05. The van der Waals surface area contributed by atoms with E-state index in [1.807, 2.05) is 0 Å². The number of ether oxygens (including phenoxy) is 2. The number of hydrogen-bond donors (Lipinski definition) is 0. The van der Waals surface area contributed by atoms with Crippen molar-refractivity contribution in [2.75, 3.05) is 13.2 Å². The number of carbonyl (C=O) groups excluding carboxylic acids is 2. The van der Waals surface area contributed by atoms with Gasteiger partial charge < -0.3 is 9.47 Å². The predicted octanol–water partition coefficient (Wildman–Crippen LogP) is 4.53. The standard InChI is InChI=1S/C20H23O8P/c1-4-24-29(23,25-5-2)26-14-16-10-12-17(13-11-16)28-20(22)18-8-6-7-9-19(18)27-15(3)21/h6-13H,4-5,14H2,1-3H3. The van der Waals surface area contributed by atoms with E-state index in [9.17, 15) is 14.2 Å². The van der Waals surface area contributed by atoms with Crippen molar-refractivity contribution in [1.29, 1.82) is 0 Å². The van der Waals surface area contributed by atoms with Crippen molar-refractivity contribution in [1.82, 2.24) is 0 Å². The maximum Gasteiger partial charge on any atom is 0.475 e. The fraction of sp³-hybridized carbons (Fsp3) is 0.300. The summed E-state index contributed by atoms with van der Waals surface area (Å²) in [5, 5.41) is 0. The number of benzene rings is 2. The fourth-order valence-corrected chi connectivity index (χ4v) is 3.44. The van der Waals surface area contributed by atoms with Gasteiger partial charge in [0.1, 0.15) is 17.1 Å². The summed E-state index contributed by atoms with van der Waals surface area (Å²) in [6, 6.07) is 12.7. The molecule has 0 N–H and O–H groups in total. The summed E-state index contributed by atoms with van der Waals surface area (Å²) >= 11 is 0. The van der Waals surface area contributed by atoms with Crippen molar-refractivity contribution in [3.05, 3.63) is 59.7 Å². The zero-order valence-corrected chi connectivity index (χ0v) is 17.3.